The number of nitrogens with one attached hydrogen (secondary N) is 2. The van der Waals surface area contributed by atoms with Gasteiger partial charge in [0.2, 0.25) is 10.0 Å². The number of benzene rings is 1. The van der Waals surface area contributed by atoms with E-state index in [1.165, 1.54) is 19.2 Å². The van der Waals surface area contributed by atoms with Gasteiger partial charge in [0.25, 0.3) is 0 Å². The highest BCUT2D eigenvalue weighted by atomic mass is 32.2. The van der Waals surface area contributed by atoms with E-state index in [2.05, 4.69) is 10.0 Å². The van der Waals surface area contributed by atoms with Crippen molar-refractivity contribution in [2.45, 2.75) is 23.3 Å². The molecule has 0 saturated carbocycles. The van der Waals surface area contributed by atoms with Crippen LogP contribution < -0.4 is 14.8 Å². The van der Waals surface area contributed by atoms with Crippen LogP contribution >= 0.6 is 0 Å². The topological polar surface area (TPSA) is 87.7 Å². The number of ether oxygens (including phenoxy) is 1. The van der Waals surface area contributed by atoms with Crippen molar-refractivity contribution < 1.29 is 18.3 Å². The van der Waals surface area contributed by atoms with Crippen molar-refractivity contribution in [1.82, 2.24) is 10.0 Å². The molecule has 0 spiro atoms. The maximum absolute atomic E-state index is 12.2. The van der Waals surface area contributed by atoms with Crippen LogP contribution in [0.3, 0.4) is 0 Å². The molecule has 1 aromatic rings. The number of hydrogen-bond donors (Lipinski definition) is 3. The van der Waals surface area contributed by atoms with Crippen LogP contribution in [-0.4, -0.2) is 45.9 Å². The first kappa shape index (κ1) is 15.2. The van der Waals surface area contributed by atoms with Crippen molar-refractivity contribution in [1.29, 1.82) is 0 Å². The Balaban J connectivity index is 2.06. The average Bonchev–Trinajstić information content (AvgIpc) is 2.46. The van der Waals surface area contributed by atoms with Crippen molar-refractivity contribution in [2.75, 3.05) is 26.7 Å². The van der Waals surface area contributed by atoms with Crippen LogP contribution in [0.25, 0.3) is 0 Å². The molecule has 6 nitrogen and oxygen atoms in total. The van der Waals surface area contributed by atoms with Crippen LogP contribution in [0, 0.1) is 0 Å². The van der Waals surface area contributed by atoms with E-state index in [0.29, 0.717) is 18.7 Å². The van der Waals surface area contributed by atoms with Crippen molar-refractivity contribution in [2.24, 2.45) is 0 Å². The molecule has 0 radical (unpaired) electrons. The zero-order chi connectivity index (χ0) is 14.6. The quantitative estimate of drug-likeness (QED) is 0.717. The maximum Gasteiger partial charge on any atom is 0.240 e. The predicted molar refractivity (Wildman–Crippen MR) is 75.2 cm³/mol. The Labute approximate surface area is 119 Å². The summed E-state index contributed by atoms with van der Waals surface area (Å²) >= 11 is 0. The first-order valence-corrected chi connectivity index (χ1v) is 8.00. The van der Waals surface area contributed by atoms with Gasteiger partial charge in [-0.2, -0.15) is 0 Å². The minimum absolute atomic E-state index is 0.000453. The lowest BCUT2D eigenvalue weighted by Gasteiger charge is -2.32. The van der Waals surface area contributed by atoms with Crippen molar-refractivity contribution >= 4 is 10.0 Å². The zero-order valence-electron chi connectivity index (χ0n) is 11.4. The SMILES string of the molecule is COc1cccc(S(=O)(=O)NC[C@@]2(O)CCCNC2)c1. The van der Waals surface area contributed by atoms with Crippen molar-refractivity contribution in [3.05, 3.63) is 24.3 Å². The number of piperidine rings is 1. The minimum Gasteiger partial charge on any atom is -0.497 e. The largest absolute Gasteiger partial charge is 0.497 e. The standard InChI is InChI=1S/C13H20N2O4S/c1-19-11-4-2-5-12(8-11)20(17,18)15-10-13(16)6-3-7-14-9-13/h2,4-5,8,14-16H,3,6-7,9-10H2,1H3/t13-/m1/s1. The van der Waals surface area contributed by atoms with E-state index in [1.807, 2.05) is 0 Å². The first-order valence-electron chi connectivity index (χ1n) is 6.52. The normalized spacial score (nSPS) is 23.5. The Bertz CT molecular complexity index is 553. The first-order chi connectivity index (χ1) is 9.45. The summed E-state index contributed by atoms with van der Waals surface area (Å²) in [5, 5.41) is 13.3. The fourth-order valence-corrected chi connectivity index (χ4v) is 3.34. The van der Waals surface area contributed by atoms with Crippen LogP contribution in [0.1, 0.15) is 12.8 Å². The van der Waals surface area contributed by atoms with Crippen LogP contribution in [0.5, 0.6) is 5.75 Å². The molecule has 1 heterocycles. The highest BCUT2D eigenvalue weighted by molar-refractivity contribution is 7.89. The molecule has 112 valence electrons. The smallest absolute Gasteiger partial charge is 0.240 e. The summed E-state index contributed by atoms with van der Waals surface area (Å²) in [5.41, 5.74) is -1.02. The lowest BCUT2D eigenvalue weighted by Crippen LogP contribution is -2.52. The van der Waals surface area contributed by atoms with Crippen LogP contribution in [0.15, 0.2) is 29.2 Å². The summed E-state index contributed by atoms with van der Waals surface area (Å²) in [4.78, 5) is 0.129. The molecule has 1 saturated heterocycles. The summed E-state index contributed by atoms with van der Waals surface area (Å²) in [7, 11) is -2.17. The molecule has 0 aliphatic carbocycles. The third-order valence-electron chi connectivity index (χ3n) is 3.39. The molecule has 0 unspecified atom stereocenters. The Morgan fingerprint density at radius 1 is 1.50 bits per heavy atom. The Morgan fingerprint density at radius 3 is 2.95 bits per heavy atom. The third kappa shape index (κ3) is 3.69. The van der Waals surface area contributed by atoms with Gasteiger partial charge < -0.3 is 15.2 Å². The summed E-state index contributed by atoms with van der Waals surface area (Å²) in [6.45, 7) is 1.25. The molecule has 2 rings (SSSR count). The number of aliphatic hydroxyl groups is 1. The molecule has 1 aliphatic heterocycles. The lowest BCUT2D eigenvalue weighted by atomic mass is 9.95. The molecule has 1 fully saturated rings. The van der Waals surface area contributed by atoms with E-state index in [1.54, 1.807) is 12.1 Å². The summed E-state index contributed by atoms with van der Waals surface area (Å²) in [6, 6.07) is 6.24. The van der Waals surface area contributed by atoms with E-state index in [9.17, 15) is 13.5 Å². The van der Waals surface area contributed by atoms with Gasteiger partial charge in [0.05, 0.1) is 17.6 Å². The number of hydrogen-bond acceptors (Lipinski definition) is 5. The second kappa shape index (κ2) is 6.09. The summed E-state index contributed by atoms with van der Waals surface area (Å²) < 4.78 is 31.9. The van der Waals surface area contributed by atoms with Gasteiger partial charge in [0.15, 0.2) is 0 Å². The maximum atomic E-state index is 12.2. The van der Waals surface area contributed by atoms with Gasteiger partial charge in [-0.25, -0.2) is 13.1 Å². The average molecular weight is 300 g/mol. The van der Waals surface area contributed by atoms with E-state index in [0.717, 1.165) is 13.0 Å². The second-order valence-electron chi connectivity index (χ2n) is 5.01. The van der Waals surface area contributed by atoms with Gasteiger partial charge in [0, 0.05) is 19.2 Å². The molecule has 1 atom stereocenters. The highest BCUT2D eigenvalue weighted by Crippen LogP contribution is 2.19. The lowest BCUT2D eigenvalue weighted by molar-refractivity contribution is 0.0218. The van der Waals surface area contributed by atoms with Gasteiger partial charge in [-0.15, -0.1) is 0 Å². The molecule has 0 amide bonds. The molecule has 7 heteroatoms. The van der Waals surface area contributed by atoms with Crippen molar-refractivity contribution in [3.8, 4) is 5.75 Å². The van der Waals surface area contributed by atoms with E-state index in [4.69, 9.17) is 4.74 Å². The highest BCUT2D eigenvalue weighted by Gasteiger charge is 2.30. The number of methoxy groups -OCH3 is 1. The molecule has 1 aromatic carbocycles. The molecule has 3 N–H and O–H groups in total. The Kier molecular flexibility index (Phi) is 4.64. The number of sulfonamides is 1. The second-order valence-corrected chi connectivity index (χ2v) is 6.78. The van der Waals surface area contributed by atoms with Crippen LogP contribution in [-0.2, 0) is 10.0 Å². The molecular formula is C13H20N2O4S. The Hall–Kier alpha value is -1.15. The molecular weight excluding hydrogens is 280 g/mol. The van der Waals surface area contributed by atoms with E-state index >= 15 is 0 Å². The molecule has 0 bridgehead atoms. The van der Waals surface area contributed by atoms with Gasteiger partial charge in [-0.3, -0.25) is 0 Å². The van der Waals surface area contributed by atoms with Gasteiger partial charge in [0.1, 0.15) is 5.75 Å². The van der Waals surface area contributed by atoms with Gasteiger partial charge >= 0.3 is 0 Å². The Morgan fingerprint density at radius 2 is 2.30 bits per heavy atom. The summed E-state index contributed by atoms with van der Waals surface area (Å²) in [5.74, 6) is 0.478. The van der Waals surface area contributed by atoms with E-state index in [-0.39, 0.29) is 11.4 Å². The van der Waals surface area contributed by atoms with E-state index < -0.39 is 15.6 Å². The zero-order valence-corrected chi connectivity index (χ0v) is 12.2. The molecule has 20 heavy (non-hydrogen) atoms. The minimum atomic E-state index is -3.65. The van der Waals surface area contributed by atoms with Gasteiger partial charge in [-0.05, 0) is 31.5 Å². The molecule has 0 aromatic heterocycles. The number of β-amino-alcohol motifs (C(OH)–C–C–N with tert-alkyl or cyclic N) is 1. The molecule has 1 aliphatic rings. The predicted octanol–water partition coefficient (Wildman–Crippen LogP) is 0.0880. The third-order valence-corrected chi connectivity index (χ3v) is 4.79. The van der Waals surface area contributed by atoms with Crippen molar-refractivity contribution in [3.63, 3.8) is 0 Å². The van der Waals surface area contributed by atoms with Crippen LogP contribution in [0.2, 0.25) is 0 Å². The number of rotatable bonds is 5. The fourth-order valence-electron chi connectivity index (χ4n) is 2.18. The van der Waals surface area contributed by atoms with Crippen LogP contribution in [0.4, 0.5) is 0 Å². The monoisotopic (exact) mass is 300 g/mol. The van der Waals surface area contributed by atoms with Gasteiger partial charge in [-0.1, -0.05) is 6.07 Å². The fraction of sp³-hybridized carbons (Fsp3) is 0.538. The summed E-state index contributed by atoms with van der Waals surface area (Å²) in [6.07, 6.45) is 1.41.